The molecule has 0 aliphatic carbocycles. The van der Waals surface area contributed by atoms with Crippen LogP contribution in [0.3, 0.4) is 0 Å². The maximum absolute atomic E-state index is 6.27. The first-order valence-corrected chi connectivity index (χ1v) is 7.18. The smallest absolute Gasteiger partial charge is 0.122 e. The Kier molecular flexibility index (Phi) is 5.30. The van der Waals surface area contributed by atoms with Gasteiger partial charge in [-0.25, -0.2) is 0 Å². The zero-order chi connectivity index (χ0) is 14.5. The van der Waals surface area contributed by atoms with Crippen molar-refractivity contribution in [1.29, 1.82) is 0 Å². The number of ether oxygens (including phenoxy) is 1. The third kappa shape index (κ3) is 3.26. The molecule has 0 saturated carbocycles. The second-order valence-corrected chi connectivity index (χ2v) is 5.40. The van der Waals surface area contributed by atoms with E-state index in [1.54, 1.807) is 7.11 Å². The number of hydrogen-bond acceptors (Lipinski definition) is 2. The lowest BCUT2D eigenvalue weighted by Gasteiger charge is -2.19. The minimum atomic E-state index is 0.0625. The van der Waals surface area contributed by atoms with Gasteiger partial charge in [0.2, 0.25) is 0 Å². The average molecular weight is 310 g/mol. The predicted octanol–water partition coefficient (Wildman–Crippen LogP) is 4.29. The molecule has 4 heteroatoms. The summed E-state index contributed by atoms with van der Waals surface area (Å²) in [6.45, 7) is 0.474. The Hall–Kier alpha value is -1.22. The molecule has 2 rings (SSSR count). The van der Waals surface area contributed by atoms with Gasteiger partial charge in [0.25, 0.3) is 0 Å². The van der Waals surface area contributed by atoms with Gasteiger partial charge in [0.15, 0.2) is 0 Å². The zero-order valence-corrected chi connectivity index (χ0v) is 12.8. The predicted molar refractivity (Wildman–Crippen MR) is 85.0 cm³/mol. The summed E-state index contributed by atoms with van der Waals surface area (Å²) in [7, 11) is 1.67. The van der Waals surface area contributed by atoms with Crippen LogP contribution in [0.1, 0.15) is 17.0 Å². The molecule has 0 spiro atoms. The number of methoxy groups -OCH3 is 1. The quantitative estimate of drug-likeness (QED) is 0.894. The van der Waals surface area contributed by atoms with E-state index in [-0.39, 0.29) is 5.92 Å². The molecule has 1 unspecified atom stereocenters. The summed E-state index contributed by atoms with van der Waals surface area (Å²) in [5.74, 6) is 0.918. The van der Waals surface area contributed by atoms with Crippen LogP contribution in [-0.2, 0) is 6.42 Å². The van der Waals surface area contributed by atoms with Gasteiger partial charge in [-0.15, -0.1) is 0 Å². The van der Waals surface area contributed by atoms with Crippen molar-refractivity contribution in [2.45, 2.75) is 12.3 Å². The molecule has 0 amide bonds. The van der Waals surface area contributed by atoms with Crippen molar-refractivity contribution in [3.05, 3.63) is 63.6 Å². The second kappa shape index (κ2) is 6.98. The molecule has 1 atom stereocenters. The van der Waals surface area contributed by atoms with Gasteiger partial charge in [0.05, 0.1) is 7.11 Å². The molecule has 0 bridgehead atoms. The highest BCUT2D eigenvalue weighted by atomic mass is 35.5. The van der Waals surface area contributed by atoms with Crippen molar-refractivity contribution in [2.75, 3.05) is 13.7 Å². The fourth-order valence-electron chi connectivity index (χ4n) is 2.34. The first-order valence-electron chi connectivity index (χ1n) is 6.43. The van der Waals surface area contributed by atoms with E-state index in [0.29, 0.717) is 16.6 Å². The third-order valence-corrected chi connectivity index (χ3v) is 4.01. The van der Waals surface area contributed by atoms with Gasteiger partial charge in [0.1, 0.15) is 5.75 Å². The van der Waals surface area contributed by atoms with Crippen LogP contribution in [0.15, 0.2) is 42.5 Å². The van der Waals surface area contributed by atoms with E-state index in [2.05, 4.69) is 0 Å². The lowest BCUT2D eigenvalue weighted by molar-refractivity contribution is 0.408. The van der Waals surface area contributed by atoms with E-state index < -0.39 is 0 Å². The number of rotatable bonds is 5. The minimum absolute atomic E-state index is 0.0625. The molecule has 2 aromatic rings. The number of hydrogen-bond donors (Lipinski definition) is 1. The Bertz CT molecular complexity index is 566. The molecule has 0 saturated heterocycles. The first kappa shape index (κ1) is 15.2. The maximum Gasteiger partial charge on any atom is 0.122 e. The van der Waals surface area contributed by atoms with Crippen LogP contribution in [0.5, 0.6) is 5.75 Å². The fourth-order valence-corrected chi connectivity index (χ4v) is 3.05. The van der Waals surface area contributed by atoms with Gasteiger partial charge in [-0.2, -0.15) is 0 Å². The number of nitrogens with two attached hydrogens (primary N) is 1. The summed E-state index contributed by atoms with van der Waals surface area (Å²) in [5.41, 5.74) is 7.93. The van der Waals surface area contributed by atoms with Gasteiger partial charge in [0, 0.05) is 16.0 Å². The van der Waals surface area contributed by atoms with E-state index in [4.69, 9.17) is 33.7 Å². The molecule has 2 N–H and O–H groups in total. The standard InChI is InChI=1S/C16H17Cl2NO/c1-20-15-8-3-2-5-11(15)9-12(10-19)16-13(17)6-4-7-14(16)18/h2-8,12H,9-10,19H2,1H3. The summed E-state index contributed by atoms with van der Waals surface area (Å²) < 4.78 is 5.38. The van der Waals surface area contributed by atoms with Crippen LogP contribution >= 0.6 is 23.2 Å². The highest BCUT2D eigenvalue weighted by Crippen LogP contribution is 2.34. The van der Waals surface area contributed by atoms with Gasteiger partial charge in [-0.05, 0) is 42.3 Å². The van der Waals surface area contributed by atoms with Crippen LogP contribution < -0.4 is 10.5 Å². The molecule has 2 aromatic carbocycles. The van der Waals surface area contributed by atoms with Crippen molar-refractivity contribution < 1.29 is 4.74 Å². The van der Waals surface area contributed by atoms with Crippen LogP contribution in [0.25, 0.3) is 0 Å². The van der Waals surface area contributed by atoms with Gasteiger partial charge in [-0.3, -0.25) is 0 Å². The minimum Gasteiger partial charge on any atom is -0.496 e. The lowest BCUT2D eigenvalue weighted by Crippen LogP contribution is -2.16. The Balaban J connectivity index is 2.34. The maximum atomic E-state index is 6.27. The summed E-state index contributed by atoms with van der Waals surface area (Å²) in [5, 5.41) is 1.31. The van der Waals surface area contributed by atoms with Crippen LogP contribution in [0.4, 0.5) is 0 Å². The van der Waals surface area contributed by atoms with Crippen molar-refractivity contribution >= 4 is 23.2 Å². The Labute approximate surface area is 129 Å². The van der Waals surface area contributed by atoms with Crippen LogP contribution in [-0.4, -0.2) is 13.7 Å². The molecule has 0 fully saturated rings. The second-order valence-electron chi connectivity index (χ2n) is 4.58. The SMILES string of the molecule is COc1ccccc1CC(CN)c1c(Cl)cccc1Cl. The first-order chi connectivity index (χ1) is 9.67. The molecule has 0 aliphatic rings. The molecular weight excluding hydrogens is 293 g/mol. The van der Waals surface area contributed by atoms with E-state index in [0.717, 1.165) is 23.3 Å². The molecule has 0 radical (unpaired) electrons. The van der Waals surface area contributed by atoms with Gasteiger partial charge in [-0.1, -0.05) is 47.5 Å². The molecule has 20 heavy (non-hydrogen) atoms. The molecular formula is C16H17Cl2NO. The van der Waals surface area contributed by atoms with Gasteiger partial charge >= 0.3 is 0 Å². The van der Waals surface area contributed by atoms with Crippen molar-refractivity contribution in [2.24, 2.45) is 5.73 Å². The van der Waals surface area contributed by atoms with Crippen LogP contribution in [0.2, 0.25) is 10.0 Å². The van der Waals surface area contributed by atoms with E-state index in [9.17, 15) is 0 Å². The zero-order valence-electron chi connectivity index (χ0n) is 11.3. The molecule has 106 valence electrons. The summed E-state index contributed by atoms with van der Waals surface area (Å²) in [6, 6.07) is 13.4. The monoisotopic (exact) mass is 309 g/mol. The highest BCUT2D eigenvalue weighted by molar-refractivity contribution is 6.36. The van der Waals surface area contributed by atoms with Crippen molar-refractivity contribution in [3.63, 3.8) is 0 Å². The fraction of sp³-hybridized carbons (Fsp3) is 0.250. The van der Waals surface area contributed by atoms with Crippen LogP contribution in [0, 0.1) is 0 Å². The van der Waals surface area contributed by atoms with E-state index in [1.807, 2.05) is 42.5 Å². The number of halogens is 2. The topological polar surface area (TPSA) is 35.2 Å². The normalized spacial score (nSPS) is 12.2. The third-order valence-electron chi connectivity index (χ3n) is 3.35. The molecule has 2 nitrogen and oxygen atoms in total. The van der Waals surface area contributed by atoms with E-state index in [1.165, 1.54) is 0 Å². The lowest BCUT2D eigenvalue weighted by atomic mass is 9.91. The van der Waals surface area contributed by atoms with E-state index >= 15 is 0 Å². The summed E-state index contributed by atoms with van der Waals surface area (Å²) in [4.78, 5) is 0. The van der Waals surface area contributed by atoms with Gasteiger partial charge < -0.3 is 10.5 Å². The van der Waals surface area contributed by atoms with Crippen molar-refractivity contribution in [3.8, 4) is 5.75 Å². The summed E-state index contributed by atoms with van der Waals surface area (Å²) >= 11 is 12.5. The Morgan fingerprint density at radius 3 is 2.30 bits per heavy atom. The molecule has 0 heterocycles. The molecule has 0 aromatic heterocycles. The molecule has 0 aliphatic heterocycles. The van der Waals surface area contributed by atoms with Crippen molar-refractivity contribution in [1.82, 2.24) is 0 Å². The number of para-hydroxylation sites is 1. The average Bonchev–Trinajstić information content (AvgIpc) is 2.46. The number of benzene rings is 2. The summed E-state index contributed by atoms with van der Waals surface area (Å²) in [6.07, 6.45) is 0.740. The highest BCUT2D eigenvalue weighted by Gasteiger charge is 2.18. The largest absolute Gasteiger partial charge is 0.496 e. The Morgan fingerprint density at radius 1 is 1.05 bits per heavy atom. The Morgan fingerprint density at radius 2 is 1.70 bits per heavy atom.